The molecule has 0 saturated carbocycles. The minimum atomic E-state index is 0.276. The van der Waals surface area contributed by atoms with Crippen LogP contribution in [0.25, 0.3) is 0 Å². The van der Waals surface area contributed by atoms with Gasteiger partial charge in [-0.1, -0.05) is 43.6 Å². The summed E-state index contributed by atoms with van der Waals surface area (Å²) in [6.45, 7) is 12.6. The molecule has 1 rings (SSSR count). The maximum Gasteiger partial charge on any atom is 0.124 e. The van der Waals surface area contributed by atoms with Gasteiger partial charge in [0.05, 0.1) is 6.61 Å². The predicted octanol–water partition coefficient (Wildman–Crippen LogP) is 4.93. The lowest BCUT2D eigenvalue weighted by atomic mass is 9.85. The third-order valence-corrected chi connectivity index (χ3v) is 3.41. The molecule has 0 fully saturated rings. The topological polar surface area (TPSA) is 21.3 Å². The van der Waals surface area contributed by atoms with E-state index < -0.39 is 0 Å². The largest absolute Gasteiger partial charge is 0.494 e. The number of hydrogen-bond donors (Lipinski definition) is 1. The van der Waals surface area contributed by atoms with E-state index in [0.717, 1.165) is 23.2 Å². The number of benzene rings is 1. The van der Waals surface area contributed by atoms with Crippen molar-refractivity contribution in [2.24, 2.45) is 5.41 Å². The zero-order valence-electron chi connectivity index (χ0n) is 12.7. The highest BCUT2D eigenvalue weighted by Crippen LogP contribution is 2.35. The first-order chi connectivity index (χ1) is 8.87. The van der Waals surface area contributed by atoms with Gasteiger partial charge in [-0.2, -0.15) is 0 Å². The highest BCUT2D eigenvalue weighted by atomic mass is 79.9. The number of ether oxygens (including phenoxy) is 1. The Balaban J connectivity index is 3.08. The van der Waals surface area contributed by atoms with Crippen LogP contribution >= 0.6 is 15.9 Å². The van der Waals surface area contributed by atoms with Crippen molar-refractivity contribution in [1.29, 1.82) is 0 Å². The van der Waals surface area contributed by atoms with Gasteiger partial charge in [0.25, 0.3) is 0 Å². The van der Waals surface area contributed by atoms with Crippen molar-refractivity contribution >= 4 is 15.9 Å². The lowest BCUT2D eigenvalue weighted by Gasteiger charge is -2.28. The Kier molecular flexibility index (Phi) is 6.34. The molecule has 0 saturated heterocycles. The van der Waals surface area contributed by atoms with Crippen LogP contribution in [0.15, 0.2) is 22.7 Å². The summed E-state index contributed by atoms with van der Waals surface area (Å²) >= 11 is 3.56. The molecule has 19 heavy (non-hydrogen) atoms. The molecular weight excluding hydrogens is 302 g/mol. The van der Waals surface area contributed by atoms with Crippen LogP contribution in [0, 0.1) is 5.41 Å². The maximum atomic E-state index is 5.77. The van der Waals surface area contributed by atoms with Crippen LogP contribution in [0.4, 0.5) is 0 Å². The lowest BCUT2D eigenvalue weighted by molar-refractivity contribution is 0.296. The predicted molar refractivity (Wildman–Crippen MR) is 85.8 cm³/mol. The zero-order chi connectivity index (χ0) is 14.5. The molecule has 1 N–H and O–H groups in total. The maximum absolute atomic E-state index is 5.77. The number of hydrogen-bond acceptors (Lipinski definition) is 2. The molecule has 0 spiro atoms. The summed E-state index contributed by atoms with van der Waals surface area (Å²) in [6.07, 6.45) is 1.08. The highest BCUT2D eigenvalue weighted by molar-refractivity contribution is 9.10. The molecule has 2 nitrogen and oxygen atoms in total. The second-order valence-corrected chi connectivity index (χ2v) is 6.91. The molecule has 0 heterocycles. The Hall–Kier alpha value is -0.540. The molecule has 1 aromatic carbocycles. The molecule has 3 heteroatoms. The molecule has 1 unspecified atom stereocenters. The summed E-state index contributed by atoms with van der Waals surface area (Å²) in [5.74, 6) is 0.987. The standard InChI is InChI=1S/C16H26BrNO/c1-6-18-14(11-16(3,4)5)13-10-12(17)8-9-15(13)19-7-2/h8-10,14,18H,6-7,11H2,1-5H3. The Morgan fingerprint density at radius 1 is 1.26 bits per heavy atom. The van der Waals surface area contributed by atoms with Crippen LogP contribution in [0.3, 0.4) is 0 Å². The fourth-order valence-electron chi connectivity index (χ4n) is 2.23. The number of nitrogens with one attached hydrogen (secondary N) is 1. The van der Waals surface area contributed by atoms with E-state index in [1.807, 2.05) is 13.0 Å². The monoisotopic (exact) mass is 327 g/mol. The molecule has 1 aromatic rings. The lowest BCUT2D eigenvalue weighted by Crippen LogP contribution is -2.26. The van der Waals surface area contributed by atoms with E-state index in [-0.39, 0.29) is 5.41 Å². The average molecular weight is 328 g/mol. The van der Waals surface area contributed by atoms with Crippen LogP contribution in [0.2, 0.25) is 0 Å². The van der Waals surface area contributed by atoms with Crippen LogP contribution in [-0.2, 0) is 0 Å². The van der Waals surface area contributed by atoms with Gasteiger partial charge in [0.15, 0.2) is 0 Å². The van der Waals surface area contributed by atoms with Crippen LogP contribution in [-0.4, -0.2) is 13.2 Å². The minimum absolute atomic E-state index is 0.276. The Labute approximate surface area is 126 Å². The summed E-state index contributed by atoms with van der Waals surface area (Å²) in [5, 5.41) is 3.58. The van der Waals surface area contributed by atoms with E-state index in [4.69, 9.17) is 4.74 Å². The third-order valence-electron chi connectivity index (χ3n) is 2.91. The summed E-state index contributed by atoms with van der Waals surface area (Å²) in [4.78, 5) is 0. The fraction of sp³-hybridized carbons (Fsp3) is 0.625. The van der Waals surface area contributed by atoms with Crippen molar-refractivity contribution in [2.45, 2.75) is 47.1 Å². The fourth-order valence-corrected chi connectivity index (χ4v) is 2.61. The van der Waals surface area contributed by atoms with Crippen molar-refractivity contribution in [1.82, 2.24) is 5.32 Å². The van der Waals surface area contributed by atoms with E-state index in [2.05, 4.69) is 61.1 Å². The van der Waals surface area contributed by atoms with Crippen molar-refractivity contribution in [3.05, 3.63) is 28.2 Å². The van der Waals surface area contributed by atoms with Crippen LogP contribution in [0.5, 0.6) is 5.75 Å². The molecule has 0 bridgehead atoms. The van der Waals surface area contributed by atoms with Gasteiger partial charge in [-0.25, -0.2) is 0 Å². The third kappa shape index (κ3) is 5.53. The Morgan fingerprint density at radius 2 is 1.95 bits per heavy atom. The highest BCUT2D eigenvalue weighted by Gasteiger charge is 2.22. The second kappa shape index (κ2) is 7.30. The van der Waals surface area contributed by atoms with E-state index in [9.17, 15) is 0 Å². The van der Waals surface area contributed by atoms with Crippen LogP contribution in [0.1, 0.15) is 52.6 Å². The summed E-state index contributed by atoms with van der Waals surface area (Å²) in [5.41, 5.74) is 1.52. The molecule has 0 aromatic heterocycles. The molecule has 0 aliphatic heterocycles. The molecule has 0 aliphatic rings. The van der Waals surface area contributed by atoms with Gasteiger partial charge in [0.1, 0.15) is 5.75 Å². The van der Waals surface area contributed by atoms with Gasteiger partial charge >= 0.3 is 0 Å². The van der Waals surface area contributed by atoms with Gasteiger partial charge in [0, 0.05) is 16.1 Å². The summed E-state index contributed by atoms with van der Waals surface area (Å²) in [6, 6.07) is 6.58. The van der Waals surface area contributed by atoms with E-state index >= 15 is 0 Å². The molecule has 0 radical (unpaired) electrons. The number of rotatable bonds is 6. The van der Waals surface area contributed by atoms with Crippen LogP contribution < -0.4 is 10.1 Å². The van der Waals surface area contributed by atoms with Crippen molar-refractivity contribution < 1.29 is 4.74 Å². The second-order valence-electron chi connectivity index (χ2n) is 5.99. The summed E-state index contributed by atoms with van der Waals surface area (Å²) in [7, 11) is 0. The Bertz CT molecular complexity index is 398. The van der Waals surface area contributed by atoms with E-state index in [1.54, 1.807) is 0 Å². The smallest absolute Gasteiger partial charge is 0.124 e. The minimum Gasteiger partial charge on any atom is -0.494 e. The number of halogens is 1. The average Bonchev–Trinajstić information content (AvgIpc) is 2.29. The van der Waals surface area contributed by atoms with Gasteiger partial charge in [0.2, 0.25) is 0 Å². The zero-order valence-corrected chi connectivity index (χ0v) is 14.3. The molecule has 1 atom stereocenters. The quantitative estimate of drug-likeness (QED) is 0.799. The van der Waals surface area contributed by atoms with Crippen molar-refractivity contribution in [3.8, 4) is 5.75 Å². The molecule has 0 aliphatic carbocycles. The normalized spacial score (nSPS) is 13.4. The van der Waals surface area contributed by atoms with Gasteiger partial charge < -0.3 is 10.1 Å². The Morgan fingerprint density at radius 3 is 2.47 bits per heavy atom. The first-order valence-electron chi connectivity index (χ1n) is 7.03. The van der Waals surface area contributed by atoms with E-state index in [1.165, 1.54) is 5.56 Å². The first-order valence-corrected chi connectivity index (χ1v) is 7.82. The van der Waals surface area contributed by atoms with Gasteiger partial charge in [-0.3, -0.25) is 0 Å². The van der Waals surface area contributed by atoms with Crippen molar-refractivity contribution in [3.63, 3.8) is 0 Å². The van der Waals surface area contributed by atoms with Crippen molar-refractivity contribution in [2.75, 3.05) is 13.2 Å². The molecular formula is C16H26BrNO. The molecule has 0 amide bonds. The van der Waals surface area contributed by atoms with E-state index in [0.29, 0.717) is 12.6 Å². The van der Waals surface area contributed by atoms with Gasteiger partial charge in [-0.05, 0) is 43.5 Å². The van der Waals surface area contributed by atoms with Gasteiger partial charge in [-0.15, -0.1) is 0 Å². The summed E-state index contributed by atoms with van der Waals surface area (Å²) < 4.78 is 6.87. The SMILES string of the molecule is CCNC(CC(C)(C)C)c1cc(Br)ccc1OCC. The molecule has 108 valence electrons. The first kappa shape index (κ1) is 16.5.